The molecule has 0 spiro atoms. The summed E-state index contributed by atoms with van der Waals surface area (Å²) >= 11 is 0. The van der Waals surface area contributed by atoms with Crippen LogP contribution in [-0.4, -0.2) is 46.6 Å². The normalized spacial score (nSPS) is 20.6. The van der Waals surface area contributed by atoms with Gasteiger partial charge in [-0.1, -0.05) is 17.3 Å². The quantitative estimate of drug-likeness (QED) is 0.648. The first-order valence-electron chi connectivity index (χ1n) is 6.06. The summed E-state index contributed by atoms with van der Waals surface area (Å²) in [5.74, 6) is -1.17. The van der Waals surface area contributed by atoms with Crippen molar-refractivity contribution >= 4 is 22.5 Å². The average molecular weight is 297 g/mol. The first kappa shape index (κ1) is 14.7. The number of carboxylic acids is 1. The number of oxime groups is 1. The molecule has 1 aromatic carbocycles. The van der Waals surface area contributed by atoms with Crippen LogP contribution in [-0.2, 0) is 25.2 Å². The van der Waals surface area contributed by atoms with Gasteiger partial charge in [0.1, 0.15) is 0 Å². The van der Waals surface area contributed by atoms with Crippen LogP contribution < -0.4 is 0 Å². The maximum atomic E-state index is 11.3. The molecular formula is C13H15NO5S. The van der Waals surface area contributed by atoms with Crippen LogP contribution in [0, 0.1) is 0 Å². The second-order valence-corrected chi connectivity index (χ2v) is 5.69. The van der Waals surface area contributed by atoms with Gasteiger partial charge in [0.2, 0.25) is 0 Å². The van der Waals surface area contributed by atoms with Crippen molar-refractivity contribution in [3.63, 3.8) is 0 Å². The molecule has 20 heavy (non-hydrogen) atoms. The Morgan fingerprint density at radius 2 is 2.15 bits per heavy atom. The fourth-order valence-corrected chi connectivity index (χ4v) is 2.26. The topological polar surface area (TPSA) is 85.2 Å². The third kappa shape index (κ3) is 3.64. The van der Waals surface area contributed by atoms with Crippen molar-refractivity contribution in [3.05, 3.63) is 29.8 Å². The monoisotopic (exact) mass is 297 g/mol. The number of aliphatic carboxylic acids is 1. The molecule has 7 heteroatoms. The van der Waals surface area contributed by atoms with E-state index in [2.05, 4.69) is 5.16 Å². The van der Waals surface area contributed by atoms with E-state index in [1.54, 1.807) is 30.5 Å². The second-order valence-electron chi connectivity index (χ2n) is 4.31. The number of benzene rings is 1. The van der Waals surface area contributed by atoms with Crippen molar-refractivity contribution in [3.8, 4) is 0 Å². The molecule has 0 aliphatic carbocycles. The van der Waals surface area contributed by atoms with Gasteiger partial charge in [0.15, 0.2) is 11.8 Å². The number of rotatable bonds is 5. The fourth-order valence-electron chi connectivity index (χ4n) is 1.74. The van der Waals surface area contributed by atoms with E-state index < -0.39 is 16.8 Å². The highest BCUT2D eigenvalue weighted by molar-refractivity contribution is 7.84. The molecule has 0 saturated carbocycles. The zero-order valence-corrected chi connectivity index (χ0v) is 11.8. The van der Waals surface area contributed by atoms with Gasteiger partial charge in [-0.25, -0.2) is 4.79 Å². The molecule has 1 heterocycles. The predicted octanol–water partition coefficient (Wildman–Crippen LogP) is 1.02. The highest BCUT2D eigenvalue weighted by atomic mass is 32.2. The molecule has 0 radical (unpaired) electrons. The van der Waals surface area contributed by atoms with E-state index >= 15 is 0 Å². The van der Waals surface area contributed by atoms with E-state index in [0.29, 0.717) is 30.1 Å². The van der Waals surface area contributed by atoms with Gasteiger partial charge in [-0.15, -0.1) is 0 Å². The van der Waals surface area contributed by atoms with Crippen LogP contribution in [0.1, 0.15) is 12.0 Å². The number of hydrogen-bond donors (Lipinski definition) is 1. The Morgan fingerprint density at radius 3 is 2.65 bits per heavy atom. The van der Waals surface area contributed by atoms with E-state index in [4.69, 9.17) is 9.57 Å². The molecule has 1 aliphatic rings. The summed E-state index contributed by atoms with van der Waals surface area (Å²) in [5, 5.41) is 12.9. The third-order valence-electron chi connectivity index (χ3n) is 2.84. The molecule has 1 aromatic rings. The lowest BCUT2D eigenvalue weighted by atomic mass is 10.1. The summed E-state index contributed by atoms with van der Waals surface area (Å²) in [5.41, 5.74) is 0.232. The minimum absolute atomic E-state index is 0.176. The van der Waals surface area contributed by atoms with Gasteiger partial charge in [0, 0.05) is 33.9 Å². The summed E-state index contributed by atoms with van der Waals surface area (Å²) in [6.45, 7) is 1.02. The zero-order valence-electron chi connectivity index (χ0n) is 10.9. The van der Waals surface area contributed by atoms with Crippen LogP contribution in [0.5, 0.6) is 0 Å². The summed E-state index contributed by atoms with van der Waals surface area (Å²) in [6, 6.07) is 6.36. The Bertz CT molecular complexity index is 534. The van der Waals surface area contributed by atoms with Crippen LogP contribution in [0.2, 0.25) is 0 Å². The minimum Gasteiger partial charge on any atom is -0.476 e. The van der Waals surface area contributed by atoms with Crippen LogP contribution >= 0.6 is 0 Å². The average Bonchev–Trinajstić information content (AvgIpc) is 2.92. The Kier molecular flexibility index (Phi) is 4.86. The molecule has 108 valence electrons. The van der Waals surface area contributed by atoms with Crippen LogP contribution in [0.15, 0.2) is 34.3 Å². The summed E-state index contributed by atoms with van der Waals surface area (Å²) < 4.78 is 16.4. The van der Waals surface area contributed by atoms with Gasteiger partial charge in [-0.3, -0.25) is 4.21 Å². The second kappa shape index (κ2) is 6.62. The van der Waals surface area contributed by atoms with Gasteiger partial charge in [0.25, 0.3) is 0 Å². The van der Waals surface area contributed by atoms with Gasteiger partial charge < -0.3 is 14.7 Å². The maximum Gasteiger partial charge on any atom is 0.358 e. The van der Waals surface area contributed by atoms with E-state index in [-0.39, 0.29) is 11.8 Å². The van der Waals surface area contributed by atoms with Crippen LogP contribution in [0.4, 0.5) is 0 Å². The maximum absolute atomic E-state index is 11.3. The first-order chi connectivity index (χ1) is 9.58. The van der Waals surface area contributed by atoms with E-state index in [1.165, 1.54) is 0 Å². The summed E-state index contributed by atoms with van der Waals surface area (Å²) in [4.78, 5) is 17.0. The fraction of sp³-hybridized carbons (Fsp3) is 0.385. The summed E-state index contributed by atoms with van der Waals surface area (Å²) in [7, 11) is -1.10. The Hall–Kier alpha value is -1.73. The van der Waals surface area contributed by atoms with Gasteiger partial charge >= 0.3 is 5.97 Å². The van der Waals surface area contributed by atoms with Crippen molar-refractivity contribution in [2.24, 2.45) is 5.16 Å². The van der Waals surface area contributed by atoms with Crippen LogP contribution in [0.3, 0.4) is 0 Å². The van der Waals surface area contributed by atoms with E-state index in [0.717, 1.165) is 0 Å². The van der Waals surface area contributed by atoms with Crippen molar-refractivity contribution in [1.82, 2.24) is 0 Å². The Labute approximate surface area is 118 Å². The highest BCUT2D eigenvalue weighted by Gasteiger charge is 2.19. The van der Waals surface area contributed by atoms with Crippen molar-refractivity contribution in [1.29, 1.82) is 0 Å². The molecule has 1 aliphatic heterocycles. The number of carbonyl (C=O) groups is 1. The van der Waals surface area contributed by atoms with Gasteiger partial charge in [-0.05, 0) is 12.1 Å². The molecule has 0 amide bonds. The summed E-state index contributed by atoms with van der Waals surface area (Å²) in [6.07, 6.45) is 2.06. The highest BCUT2D eigenvalue weighted by Crippen LogP contribution is 2.12. The number of carboxylic acid groups (broad SMARTS) is 1. The number of ether oxygens (including phenoxy) is 1. The first-order valence-corrected chi connectivity index (χ1v) is 7.62. The van der Waals surface area contributed by atoms with Gasteiger partial charge in [-0.2, -0.15) is 0 Å². The standard InChI is InChI=1S/C13H15NO5S/c1-20(17)11-4-2-9(3-5-11)12(13(15)16)14-19-10-6-7-18-8-10/h2-5,10H,6-8H2,1H3,(H,15,16)/t10-,20?/m1/s1. The predicted molar refractivity (Wildman–Crippen MR) is 73.3 cm³/mol. The number of hydrogen-bond acceptors (Lipinski definition) is 5. The van der Waals surface area contributed by atoms with Crippen molar-refractivity contribution in [2.45, 2.75) is 17.4 Å². The van der Waals surface area contributed by atoms with Crippen LogP contribution in [0.25, 0.3) is 0 Å². The Morgan fingerprint density at radius 1 is 1.45 bits per heavy atom. The SMILES string of the molecule is CS(=O)c1ccc(C(=NO[C@@H]2CCOC2)C(=O)O)cc1. The third-order valence-corrected chi connectivity index (χ3v) is 3.78. The molecule has 1 fully saturated rings. The zero-order chi connectivity index (χ0) is 14.5. The molecule has 0 bridgehead atoms. The molecular weight excluding hydrogens is 282 g/mol. The van der Waals surface area contributed by atoms with Crippen molar-refractivity contribution in [2.75, 3.05) is 19.5 Å². The lowest BCUT2D eigenvalue weighted by Gasteiger charge is -2.07. The van der Waals surface area contributed by atoms with E-state index in [1.807, 2.05) is 0 Å². The Balaban J connectivity index is 2.16. The minimum atomic E-state index is -1.17. The molecule has 6 nitrogen and oxygen atoms in total. The molecule has 1 saturated heterocycles. The van der Waals surface area contributed by atoms with Gasteiger partial charge in [0.05, 0.1) is 13.2 Å². The smallest absolute Gasteiger partial charge is 0.358 e. The molecule has 1 unspecified atom stereocenters. The number of nitrogens with zero attached hydrogens (tertiary/aromatic N) is 1. The van der Waals surface area contributed by atoms with E-state index in [9.17, 15) is 14.1 Å². The largest absolute Gasteiger partial charge is 0.476 e. The lowest BCUT2D eigenvalue weighted by Crippen LogP contribution is -2.18. The lowest BCUT2D eigenvalue weighted by molar-refractivity contribution is -0.129. The molecule has 2 atom stereocenters. The molecule has 0 aromatic heterocycles. The molecule has 2 rings (SSSR count). The molecule has 1 N–H and O–H groups in total. The van der Waals surface area contributed by atoms with Crippen molar-refractivity contribution < 1.29 is 23.7 Å².